The monoisotopic (exact) mass is 372 g/mol. The first kappa shape index (κ1) is 17.3. The first-order valence-electron chi connectivity index (χ1n) is 7.51. The number of aromatic hydroxyl groups is 1. The van der Waals surface area contributed by atoms with E-state index in [-0.39, 0.29) is 23.1 Å². The van der Waals surface area contributed by atoms with Crippen molar-refractivity contribution in [1.82, 2.24) is 5.43 Å². The second-order valence-electron chi connectivity index (χ2n) is 5.43. The number of fused-ring (bicyclic) bond motifs is 1. The van der Waals surface area contributed by atoms with Crippen LogP contribution in [0, 0.1) is 0 Å². The Labute approximate surface area is 154 Å². The molecule has 0 bridgehead atoms. The zero-order chi connectivity index (χ0) is 17.8. The summed E-state index contributed by atoms with van der Waals surface area (Å²) in [6.45, 7) is 0. The van der Waals surface area contributed by atoms with Crippen molar-refractivity contribution < 1.29 is 9.90 Å². The normalized spacial score (nSPS) is 11.1. The molecule has 0 saturated carbocycles. The lowest BCUT2D eigenvalue weighted by molar-refractivity contribution is -0.120. The molecule has 0 heterocycles. The number of hydrazone groups is 1. The number of amides is 1. The third-order valence-corrected chi connectivity index (χ3v) is 4.19. The maximum absolute atomic E-state index is 12.1. The molecule has 0 unspecified atom stereocenters. The standard InChI is InChI=1S/C19H14Cl2N2O2/c20-15-8-14(19(25)17(21)10-15)11-22-23-18(24)9-13-6-3-5-12-4-1-2-7-16(12)13/h1-8,10-11,25H,9H2,(H,23,24). The highest BCUT2D eigenvalue weighted by Crippen LogP contribution is 2.29. The van der Waals surface area contributed by atoms with Crippen LogP contribution in [0.1, 0.15) is 11.1 Å². The summed E-state index contributed by atoms with van der Waals surface area (Å²) < 4.78 is 0. The molecule has 0 aromatic heterocycles. The average Bonchev–Trinajstić information content (AvgIpc) is 2.59. The number of phenols is 1. The lowest BCUT2D eigenvalue weighted by Crippen LogP contribution is -2.19. The van der Waals surface area contributed by atoms with E-state index in [0.717, 1.165) is 16.3 Å². The van der Waals surface area contributed by atoms with E-state index >= 15 is 0 Å². The number of carbonyl (C=O) groups excluding carboxylic acids is 1. The van der Waals surface area contributed by atoms with Gasteiger partial charge in [-0.1, -0.05) is 65.7 Å². The second kappa shape index (κ2) is 7.55. The van der Waals surface area contributed by atoms with Crippen LogP contribution in [0.3, 0.4) is 0 Å². The molecule has 6 heteroatoms. The Morgan fingerprint density at radius 1 is 1.12 bits per heavy atom. The van der Waals surface area contributed by atoms with E-state index in [2.05, 4.69) is 10.5 Å². The minimum absolute atomic E-state index is 0.121. The number of rotatable bonds is 4. The maximum Gasteiger partial charge on any atom is 0.244 e. The van der Waals surface area contributed by atoms with Gasteiger partial charge in [0, 0.05) is 10.6 Å². The maximum atomic E-state index is 12.1. The number of halogens is 2. The van der Waals surface area contributed by atoms with Crippen LogP contribution < -0.4 is 5.43 Å². The minimum Gasteiger partial charge on any atom is -0.506 e. The lowest BCUT2D eigenvalue weighted by atomic mass is 10.0. The molecule has 4 nitrogen and oxygen atoms in total. The zero-order valence-electron chi connectivity index (χ0n) is 13.0. The molecule has 3 aromatic rings. The highest BCUT2D eigenvalue weighted by Gasteiger charge is 2.08. The minimum atomic E-state index is -0.264. The first-order valence-corrected chi connectivity index (χ1v) is 8.27. The topological polar surface area (TPSA) is 61.7 Å². The van der Waals surface area contributed by atoms with Crippen LogP contribution in [0.25, 0.3) is 10.8 Å². The predicted octanol–water partition coefficient (Wildman–Crippen LogP) is 4.55. The molecule has 0 spiro atoms. The molecule has 2 N–H and O–H groups in total. The Morgan fingerprint density at radius 2 is 1.88 bits per heavy atom. The molecule has 3 aromatic carbocycles. The van der Waals surface area contributed by atoms with Gasteiger partial charge < -0.3 is 5.11 Å². The van der Waals surface area contributed by atoms with Gasteiger partial charge in [-0.3, -0.25) is 4.79 Å². The van der Waals surface area contributed by atoms with Crippen molar-refractivity contribution in [2.45, 2.75) is 6.42 Å². The molecule has 0 aliphatic heterocycles. The summed E-state index contributed by atoms with van der Waals surface area (Å²) in [7, 11) is 0. The van der Waals surface area contributed by atoms with Crippen LogP contribution in [0.2, 0.25) is 10.0 Å². The van der Waals surface area contributed by atoms with Gasteiger partial charge in [0.2, 0.25) is 5.91 Å². The Balaban J connectivity index is 1.71. The third-order valence-electron chi connectivity index (χ3n) is 3.68. The Hall–Kier alpha value is -2.56. The molecular weight excluding hydrogens is 359 g/mol. The summed E-state index contributed by atoms with van der Waals surface area (Å²) in [5.41, 5.74) is 3.68. The molecule has 0 atom stereocenters. The smallest absolute Gasteiger partial charge is 0.244 e. The van der Waals surface area contributed by atoms with E-state index in [1.807, 2.05) is 42.5 Å². The number of nitrogens with one attached hydrogen (secondary N) is 1. The summed E-state index contributed by atoms with van der Waals surface area (Å²) in [4.78, 5) is 12.1. The fraction of sp³-hybridized carbons (Fsp3) is 0.0526. The number of phenolic OH excluding ortho intramolecular Hbond substituents is 1. The second-order valence-corrected chi connectivity index (χ2v) is 6.28. The van der Waals surface area contributed by atoms with Gasteiger partial charge in [-0.2, -0.15) is 5.10 Å². The van der Waals surface area contributed by atoms with Gasteiger partial charge in [0.25, 0.3) is 0 Å². The fourth-order valence-electron chi connectivity index (χ4n) is 2.52. The molecule has 0 aliphatic carbocycles. The summed E-state index contributed by atoms with van der Waals surface area (Å²) in [5.74, 6) is -0.404. The van der Waals surface area contributed by atoms with Crippen LogP contribution in [0.15, 0.2) is 59.7 Å². The van der Waals surface area contributed by atoms with Crippen molar-refractivity contribution in [3.05, 3.63) is 75.8 Å². The van der Waals surface area contributed by atoms with Crippen molar-refractivity contribution in [3.8, 4) is 5.75 Å². The SMILES string of the molecule is O=C(Cc1cccc2ccccc12)NN=Cc1cc(Cl)cc(Cl)c1O. The summed E-state index contributed by atoms with van der Waals surface area (Å²) in [5, 5.41) is 16.3. The number of hydrogen-bond acceptors (Lipinski definition) is 3. The van der Waals surface area contributed by atoms with Gasteiger partial charge in [-0.15, -0.1) is 0 Å². The van der Waals surface area contributed by atoms with Crippen LogP contribution in [-0.4, -0.2) is 17.2 Å². The molecule has 126 valence electrons. The number of hydrogen-bond donors (Lipinski definition) is 2. The van der Waals surface area contributed by atoms with Crippen molar-refractivity contribution in [3.63, 3.8) is 0 Å². The van der Waals surface area contributed by atoms with Crippen molar-refractivity contribution in [1.29, 1.82) is 0 Å². The summed E-state index contributed by atoms with van der Waals surface area (Å²) in [6, 6.07) is 16.6. The average molecular weight is 373 g/mol. The van der Waals surface area contributed by atoms with E-state index in [4.69, 9.17) is 23.2 Å². The third kappa shape index (κ3) is 4.10. The van der Waals surface area contributed by atoms with Crippen molar-refractivity contribution in [2.75, 3.05) is 0 Å². The zero-order valence-corrected chi connectivity index (χ0v) is 14.6. The Kier molecular flexibility index (Phi) is 5.22. The highest BCUT2D eigenvalue weighted by atomic mass is 35.5. The molecule has 1 amide bonds. The predicted molar refractivity (Wildman–Crippen MR) is 102 cm³/mol. The largest absolute Gasteiger partial charge is 0.506 e. The van der Waals surface area contributed by atoms with Gasteiger partial charge in [-0.05, 0) is 28.5 Å². The fourth-order valence-corrected chi connectivity index (χ4v) is 3.03. The Bertz CT molecular complexity index is 966. The van der Waals surface area contributed by atoms with Crippen molar-refractivity contribution >= 4 is 46.1 Å². The Morgan fingerprint density at radius 3 is 2.72 bits per heavy atom. The van der Waals surface area contributed by atoms with E-state index in [1.54, 1.807) is 0 Å². The van der Waals surface area contributed by atoms with E-state index < -0.39 is 0 Å². The molecule has 0 radical (unpaired) electrons. The number of nitrogens with zero attached hydrogens (tertiary/aromatic N) is 1. The van der Waals surface area contributed by atoms with E-state index in [0.29, 0.717) is 10.6 Å². The van der Waals surface area contributed by atoms with Crippen LogP contribution in [0.4, 0.5) is 0 Å². The molecule has 3 rings (SSSR count). The van der Waals surface area contributed by atoms with Gasteiger partial charge in [0.15, 0.2) is 0 Å². The first-order chi connectivity index (χ1) is 12.0. The van der Waals surface area contributed by atoms with Crippen LogP contribution in [-0.2, 0) is 11.2 Å². The highest BCUT2D eigenvalue weighted by molar-refractivity contribution is 6.36. The summed E-state index contributed by atoms with van der Waals surface area (Å²) in [6.07, 6.45) is 1.50. The van der Waals surface area contributed by atoms with E-state index in [1.165, 1.54) is 18.3 Å². The van der Waals surface area contributed by atoms with Crippen LogP contribution in [0.5, 0.6) is 5.75 Å². The number of benzene rings is 3. The molecule has 0 saturated heterocycles. The molecule has 25 heavy (non-hydrogen) atoms. The van der Waals surface area contributed by atoms with Gasteiger partial charge >= 0.3 is 0 Å². The van der Waals surface area contributed by atoms with Gasteiger partial charge in [-0.25, -0.2) is 5.43 Å². The number of carbonyl (C=O) groups is 1. The summed E-state index contributed by atoms with van der Waals surface area (Å²) >= 11 is 11.7. The van der Waals surface area contributed by atoms with Gasteiger partial charge in [0.1, 0.15) is 5.75 Å². The van der Waals surface area contributed by atoms with Crippen LogP contribution >= 0.6 is 23.2 Å². The molecule has 0 aliphatic rings. The lowest BCUT2D eigenvalue weighted by Gasteiger charge is -2.06. The molecule has 0 fully saturated rings. The van der Waals surface area contributed by atoms with Gasteiger partial charge in [0.05, 0.1) is 17.7 Å². The quantitative estimate of drug-likeness (QED) is 0.521. The van der Waals surface area contributed by atoms with Crippen molar-refractivity contribution in [2.24, 2.45) is 5.10 Å². The molecular formula is C19H14Cl2N2O2. The van der Waals surface area contributed by atoms with E-state index in [9.17, 15) is 9.90 Å².